The van der Waals surface area contributed by atoms with E-state index in [1.54, 1.807) is 0 Å². The van der Waals surface area contributed by atoms with E-state index in [0.717, 1.165) is 24.3 Å². The molecule has 0 fully saturated rings. The monoisotopic (exact) mass is 402 g/mol. The normalized spacial score (nSPS) is 13.9. The lowest BCUT2D eigenvalue weighted by atomic mass is 9.92. The van der Waals surface area contributed by atoms with Crippen molar-refractivity contribution in [2.45, 2.75) is 50.1 Å². The molecule has 0 atom stereocenters. The Kier molecular flexibility index (Phi) is 8.74. The molecule has 27 heavy (non-hydrogen) atoms. The highest BCUT2D eigenvalue weighted by atomic mass is 19.4. The summed E-state index contributed by atoms with van der Waals surface area (Å²) in [6.45, 7) is -1.43. The second-order valence-electron chi connectivity index (χ2n) is 5.90. The fraction of sp³-hybridized carbons (Fsp3) is 0.556. The van der Waals surface area contributed by atoms with Crippen molar-refractivity contribution in [2.24, 2.45) is 0 Å². The molecule has 0 aromatic heterocycles. The predicted octanol–water partition coefficient (Wildman–Crippen LogP) is 5.82. The number of ether oxygens (including phenoxy) is 1. The van der Waals surface area contributed by atoms with E-state index in [0.29, 0.717) is 25.7 Å². The van der Waals surface area contributed by atoms with Gasteiger partial charge in [-0.15, -0.1) is 0 Å². The number of alkyl halides is 6. The van der Waals surface area contributed by atoms with Gasteiger partial charge in [0.2, 0.25) is 0 Å². The summed E-state index contributed by atoms with van der Waals surface area (Å²) in [5.74, 6) is -0.679. The lowest BCUT2D eigenvalue weighted by Gasteiger charge is -2.37. The van der Waals surface area contributed by atoms with Gasteiger partial charge in [0, 0.05) is 12.2 Å². The third-order valence-corrected chi connectivity index (χ3v) is 3.91. The van der Waals surface area contributed by atoms with Crippen molar-refractivity contribution in [3.8, 4) is 0 Å². The van der Waals surface area contributed by atoms with E-state index < -0.39 is 42.6 Å². The number of halogens is 7. The van der Waals surface area contributed by atoms with Gasteiger partial charge < -0.3 is 9.84 Å². The van der Waals surface area contributed by atoms with Gasteiger partial charge in [-0.1, -0.05) is 49.2 Å². The topological polar surface area (TPSA) is 29.5 Å². The summed E-state index contributed by atoms with van der Waals surface area (Å²) in [5, 5.41) is 8.47. The minimum absolute atomic E-state index is 0.00700. The molecule has 1 aromatic carbocycles. The number of hydrogen-bond donors (Lipinski definition) is 1. The Hall–Kier alpha value is -1.61. The van der Waals surface area contributed by atoms with Crippen LogP contribution in [0, 0.1) is 0 Å². The number of unbranched alkanes of at least 4 members (excludes halogenated alkanes) is 4. The highest BCUT2D eigenvalue weighted by molar-refractivity contribution is 5.27. The molecule has 0 aliphatic heterocycles. The van der Waals surface area contributed by atoms with Gasteiger partial charge in [-0.3, -0.25) is 0 Å². The largest absolute Gasteiger partial charge is 0.430 e. The molecule has 9 heteroatoms. The molecule has 2 nitrogen and oxygen atoms in total. The van der Waals surface area contributed by atoms with Crippen LogP contribution in [0.2, 0.25) is 0 Å². The van der Waals surface area contributed by atoms with Crippen LogP contribution in [0.25, 0.3) is 0 Å². The molecule has 0 amide bonds. The summed E-state index contributed by atoms with van der Waals surface area (Å²) in [6.07, 6.45) is -8.55. The number of rotatable bonds is 10. The Balaban J connectivity index is 2.72. The Labute approximate surface area is 152 Å². The van der Waals surface area contributed by atoms with Crippen LogP contribution in [-0.4, -0.2) is 30.7 Å². The highest BCUT2D eigenvalue weighted by Gasteiger charge is 2.73. The second kappa shape index (κ2) is 10.1. The third kappa shape index (κ3) is 6.21. The Morgan fingerprint density at radius 3 is 1.96 bits per heavy atom. The van der Waals surface area contributed by atoms with Crippen molar-refractivity contribution in [1.82, 2.24) is 0 Å². The molecule has 0 spiro atoms. The molecule has 1 aromatic rings. The van der Waals surface area contributed by atoms with Gasteiger partial charge in [-0.2, -0.15) is 26.3 Å². The maximum Gasteiger partial charge on any atom is 0.430 e. The van der Waals surface area contributed by atoms with E-state index in [1.807, 2.05) is 0 Å². The molecule has 1 rings (SSSR count). The zero-order chi connectivity index (χ0) is 20.6. The number of aliphatic hydroxyl groups is 1. The zero-order valence-corrected chi connectivity index (χ0v) is 14.4. The molecular weight excluding hydrogens is 381 g/mol. The first-order valence-electron chi connectivity index (χ1n) is 8.34. The number of benzene rings is 1. The summed E-state index contributed by atoms with van der Waals surface area (Å²) in [6, 6.07) is 4.97. The van der Waals surface area contributed by atoms with E-state index in [2.05, 4.69) is 4.74 Å². The Morgan fingerprint density at radius 2 is 1.44 bits per heavy atom. The SMILES string of the molecule is OCC(F)=CCCCCCCOC(c1ccccc1)(C(F)(F)F)C(F)(F)F. The van der Waals surface area contributed by atoms with Crippen LogP contribution in [0.5, 0.6) is 0 Å². The van der Waals surface area contributed by atoms with Gasteiger partial charge in [-0.05, 0) is 19.3 Å². The molecule has 0 heterocycles. The summed E-state index contributed by atoms with van der Waals surface area (Å²) in [5.41, 5.74) is -5.40. The summed E-state index contributed by atoms with van der Waals surface area (Å²) < 4.78 is 97.7. The van der Waals surface area contributed by atoms with Gasteiger partial charge in [-0.25, -0.2) is 4.39 Å². The van der Waals surface area contributed by atoms with E-state index in [-0.39, 0.29) is 6.42 Å². The first-order valence-corrected chi connectivity index (χ1v) is 8.34. The number of hydrogen-bond acceptors (Lipinski definition) is 2. The first-order chi connectivity index (χ1) is 12.6. The minimum atomic E-state index is -5.68. The number of aliphatic hydroxyl groups excluding tert-OH is 1. The standard InChI is InChI=1S/C18H21F7O2/c19-15(13-26)11-7-2-1-3-8-12-27-16(17(20,21)22,18(23,24)25)14-9-5-4-6-10-14/h4-6,9-11,26H,1-3,7-8,12-13H2. The molecule has 0 radical (unpaired) electrons. The van der Waals surface area contributed by atoms with E-state index in [9.17, 15) is 30.7 Å². The van der Waals surface area contributed by atoms with Crippen LogP contribution in [0.3, 0.4) is 0 Å². The zero-order valence-electron chi connectivity index (χ0n) is 14.4. The van der Waals surface area contributed by atoms with E-state index >= 15 is 0 Å². The maximum absolute atomic E-state index is 13.4. The summed E-state index contributed by atoms with van der Waals surface area (Å²) in [7, 11) is 0. The summed E-state index contributed by atoms with van der Waals surface area (Å²) in [4.78, 5) is 0. The van der Waals surface area contributed by atoms with Gasteiger partial charge in [0.25, 0.3) is 5.60 Å². The average Bonchev–Trinajstić information content (AvgIpc) is 2.58. The highest BCUT2D eigenvalue weighted by Crippen LogP contribution is 2.52. The van der Waals surface area contributed by atoms with Crippen LogP contribution < -0.4 is 0 Å². The smallest absolute Gasteiger partial charge is 0.389 e. The fourth-order valence-electron chi connectivity index (χ4n) is 2.56. The number of allylic oxidation sites excluding steroid dienone is 1. The van der Waals surface area contributed by atoms with Gasteiger partial charge >= 0.3 is 12.4 Å². The van der Waals surface area contributed by atoms with E-state index in [4.69, 9.17) is 5.11 Å². The van der Waals surface area contributed by atoms with Crippen LogP contribution >= 0.6 is 0 Å². The second-order valence-corrected chi connectivity index (χ2v) is 5.90. The minimum Gasteiger partial charge on any atom is -0.389 e. The van der Waals surface area contributed by atoms with Gasteiger partial charge in [0.15, 0.2) is 0 Å². The quantitative estimate of drug-likeness (QED) is 0.395. The molecular formula is C18H21F7O2. The maximum atomic E-state index is 13.4. The van der Waals surface area contributed by atoms with Crippen molar-refractivity contribution in [3.63, 3.8) is 0 Å². The van der Waals surface area contributed by atoms with Gasteiger partial charge in [0.05, 0.1) is 6.61 Å². The molecule has 0 unspecified atom stereocenters. The molecule has 0 aliphatic rings. The fourth-order valence-corrected chi connectivity index (χ4v) is 2.56. The molecule has 0 bridgehead atoms. The van der Waals surface area contributed by atoms with Crippen molar-refractivity contribution >= 4 is 0 Å². The first kappa shape index (κ1) is 23.4. The molecule has 0 aliphatic carbocycles. The average molecular weight is 402 g/mol. The van der Waals surface area contributed by atoms with Crippen LogP contribution in [0.1, 0.15) is 37.7 Å². The Bertz CT molecular complexity index is 566. The predicted molar refractivity (Wildman–Crippen MR) is 85.5 cm³/mol. The van der Waals surface area contributed by atoms with Gasteiger partial charge in [0.1, 0.15) is 5.83 Å². The lowest BCUT2D eigenvalue weighted by molar-refractivity contribution is -0.389. The molecule has 0 saturated carbocycles. The third-order valence-electron chi connectivity index (χ3n) is 3.91. The van der Waals surface area contributed by atoms with Crippen LogP contribution in [-0.2, 0) is 10.3 Å². The van der Waals surface area contributed by atoms with E-state index in [1.165, 1.54) is 12.1 Å². The van der Waals surface area contributed by atoms with Crippen molar-refractivity contribution in [2.75, 3.05) is 13.2 Å². The van der Waals surface area contributed by atoms with Crippen LogP contribution in [0.15, 0.2) is 42.2 Å². The van der Waals surface area contributed by atoms with Crippen molar-refractivity contribution in [1.29, 1.82) is 0 Å². The molecule has 1 N–H and O–H groups in total. The molecule has 0 saturated heterocycles. The van der Waals surface area contributed by atoms with Crippen molar-refractivity contribution in [3.05, 3.63) is 47.8 Å². The molecule has 154 valence electrons. The van der Waals surface area contributed by atoms with Crippen LogP contribution in [0.4, 0.5) is 30.7 Å². The van der Waals surface area contributed by atoms with Crippen molar-refractivity contribution < 1.29 is 40.6 Å². The Morgan fingerprint density at radius 1 is 0.889 bits per heavy atom. The summed E-state index contributed by atoms with van der Waals surface area (Å²) >= 11 is 0. The lowest BCUT2D eigenvalue weighted by Crippen LogP contribution is -2.56.